The van der Waals surface area contributed by atoms with Gasteiger partial charge in [0.2, 0.25) is 0 Å². The third-order valence-corrected chi connectivity index (χ3v) is 38.0. The Labute approximate surface area is 870 Å². The van der Waals surface area contributed by atoms with Crippen molar-refractivity contribution in [2.45, 2.75) is 125 Å². The van der Waals surface area contributed by atoms with E-state index in [0.29, 0.717) is 259 Å². The first-order valence-electron chi connectivity index (χ1n) is 36.9. The molecule has 0 atom stereocenters. The molecule has 0 aromatic carbocycles. The van der Waals surface area contributed by atoms with Crippen LogP contribution in [-0.4, -0.2) is 329 Å². The molecule has 0 bridgehead atoms. The molecule has 0 amide bonds. The maximum Gasteiger partial charge on any atom is 0.341 e. The van der Waals surface area contributed by atoms with Crippen LogP contribution in [0.4, 0.5) is 0 Å². The maximum atomic E-state index is 5.66. The molecule has 0 saturated carbocycles. The van der Waals surface area contributed by atoms with Crippen molar-refractivity contribution in [3.05, 3.63) is 0 Å². The zero-order chi connectivity index (χ0) is 94.5. The van der Waals surface area contributed by atoms with Crippen LogP contribution in [0.15, 0.2) is 0 Å². The third kappa shape index (κ3) is 207. The summed E-state index contributed by atoms with van der Waals surface area (Å²) in [6.07, 6.45) is 8.12. The lowest BCUT2D eigenvalue weighted by molar-refractivity contribution is 0.0710. The van der Waals surface area contributed by atoms with Crippen LogP contribution >= 0.6 is 332 Å². The maximum absolute atomic E-state index is 5.66. The molecule has 0 spiro atoms. The van der Waals surface area contributed by atoms with E-state index in [1.807, 2.05) is 0 Å². The predicted octanol–water partition coefficient (Wildman–Crippen LogP) is 26.9. The lowest BCUT2D eigenvalue weighted by atomic mass is 10.5. The lowest BCUT2D eigenvalue weighted by Gasteiger charge is -2.07. The average Bonchev–Trinajstić information content (AvgIpc) is 1.06. The topological polar surface area (TPSA) is 185 Å². The van der Waals surface area contributed by atoms with Crippen molar-refractivity contribution in [1.82, 2.24) is 0 Å². The van der Waals surface area contributed by atoms with E-state index >= 15 is 0 Å². The number of halogens is 30. The van der Waals surface area contributed by atoms with Gasteiger partial charge >= 0.3 is 60.0 Å². The van der Waals surface area contributed by atoms with Gasteiger partial charge in [-0.3, -0.25) is 0 Å². The Morgan fingerprint density at radius 1 is 0.108 bits per heavy atom. The van der Waals surface area contributed by atoms with Gasteiger partial charge in [-0.2, -0.15) is 0 Å². The van der Waals surface area contributed by atoms with E-state index in [0.717, 1.165) is 64.2 Å². The van der Waals surface area contributed by atoms with E-state index in [-0.39, 0.29) is 0 Å². The number of methoxy groups -OCH3 is 10. The number of ether oxygens (including phenoxy) is 20. The summed E-state index contributed by atoms with van der Waals surface area (Å²) >= 11 is 170. The highest BCUT2D eigenvalue weighted by Crippen LogP contribution is 2.32. The first kappa shape index (κ1) is 150. The van der Waals surface area contributed by atoms with Crippen LogP contribution in [0.2, 0.25) is 60.4 Å². The summed E-state index contributed by atoms with van der Waals surface area (Å²) < 4.78 is 99.9. The predicted molar refractivity (Wildman–Crippen MR) is 554 cm³/mol. The van der Waals surface area contributed by atoms with Crippen LogP contribution in [0.3, 0.4) is 0 Å². The minimum absolute atomic E-state index is 0.609. The molecule has 0 aromatic heterocycles. The molecule has 0 aromatic rings. The van der Waals surface area contributed by atoms with Crippen LogP contribution in [0.1, 0.15) is 64.2 Å². The molecule has 0 aliphatic heterocycles. The Hall–Kier alpha value is 10.1. The zero-order valence-corrected chi connectivity index (χ0v) is 103. The van der Waals surface area contributed by atoms with E-state index in [4.69, 9.17) is 427 Å². The van der Waals surface area contributed by atoms with Crippen LogP contribution in [0, 0.1) is 0 Å². The highest BCUT2D eigenvalue weighted by molar-refractivity contribution is 7.68. The van der Waals surface area contributed by atoms with Crippen molar-refractivity contribution < 1.29 is 94.7 Å². The van der Waals surface area contributed by atoms with Crippen LogP contribution in [-0.2, 0) is 94.7 Å². The Morgan fingerprint density at radius 3 is 0.225 bits per heavy atom. The van der Waals surface area contributed by atoms with Crippen molar-refractivity contribution in [2.75, 3.05) is 269 Å². The van der Waals surface area contributed by atoms with Crippen LogP contribution in [0.5, 0.6) is 0 Å². The molecule has 0 rings (SSSR count). The van der Waals surface area contributed by atoms with E-state index < -0.39 is 60.0 Å². The first-order valence-corrected chi connectivity index (χ1v) is 89.4. The van der Waals surface area contributed by atoms with E-state index in [2.05, 4.69) is 0 Å². The summed E-state index contributed by atoms with van der Waals surface area (Å²) in [6, 6.07) is -17.6. The molecular formula is C60H130Cl30O20Si10. The van der Waals surface area contributed by atoms with Gasteiger partial charge in [0.1, 0.15) is 0 Å². The summed E-state index contributed by atoms with van der Waals surface area (Å²) in [6.45, 7) is 18.7. The molecule has 60 heteroatoms. The molecule has 20 nitrogen and oxygen atoms in total. The second-order valence-electron chi connectivity index (χ2n) is 23.2. The minimum Gasteiger partial charge on any atom is -0.382 e. The van der Waals surface area contributed by atoms with Crippen molar-refractivity contribution in [3.63, 3.8) is 0 Å². The zero-order valence-electron chi connectivity index (χ0n) is 69.9. The minimum atomic E-state index is -2.42. The Kier molecular flexibility index (Phi) is 135. The molecule has 0 saturated heterocycles. The molecular weight excluding hydrogens is 2390 g/mol. The van der Waals surface area contributed by atoms with Crippen molar-refractivity contribution in [2.24, 2.45) is 0 Å². The van der Waals surface area contributed by atoms with E-state index in [1.54, 1.807) is 71.1 Å². The fourth-order valence-corrected chi connectivity index (χ4v) is 23.7. The second kappa shape index (κ2) is 108. The lowest BCUT2D eigenvalue weighted by Crippen LogP contribution is -2.11. The standard InChI is InChI=1S/10C6H13Cl3O2Si/c10*1-10-4-5-11-3-2-6-12(7,8)9/h10*2-6H2,1H3. The van der Waals surface area contributed by atoms with Crippen molar-refractivity contribution in [3.8, 4) is 0 Å². The summed E-state index contributed by atoms with van der Waals surface area (Å²) in [4.78, 5) is 0. The SMILES string of the molecule is COCCOCCC[Si](Cl)(Cl)Cl.COCCOCCC[Si](Cl)(Cl)Cl.COCCOCCC[Si](Cl)(Cl)Cl.COCCOCCC[Si](Cl)(Cl)Cl.COCCOCCC[Si](Cl)(Cl)Cl.COCCOCCC[Si](Cl)(Cl)Cl.COCCOCCC[Si](Cl)(Cl)Cl.COCCOCCC[Si](Cl)(Cl)Cl.COCCOCCC[Si](Cl)(Cl)Cl.COCCOCCC[Si](Cl)(Cl)Cl. The number of hydrogen-bond acceptors (Lipinski definition) is 20. The molecule has 0 aliphatic rings. The normalized spacial score (nSPS) is 12.0. The summed E-state index contributed by atoms with van der Waals surface area (Å²) in [5.41, 5.74) is 0. The summed E-state index contributed by atoms with van der Waals surface area (Å²) in [5, 5.41) is 0. The molecule has 0 aliphatic carbocycles. The number of rotatable bonds is 70. The largest absolute Gasteiger partial charge is 0.382 e. The molecule has 0 fully saturated rings. The van der Waals surface area contributed by atoms with Crippen molar-refractivity contribution >= 4 is 392 Å². The molecule has 0 radical (unpaired) electrons. The van der Waals surface area contributed by atoms with Gasteiger partial charge in [0.15, 0.2) is 0 Å². The van der Waals surface area contributed by atoms with Gasteiger partial charge in [-0.1, -0.05) is 0 Å². The summed E-state index contributed by atoms with van der Waals surface area (Å²) in [5.74, 6) is 0. The molecule has 0 N–H and O–H groups in total. The van der Waals surface area contributed by atoms with Gasteiger partial charge in [-0.25, -0.2) is 0 Å². The van der Waals surface area contributed by atoms with Gasteiger partial charge in [0.05, 0.1) is 132 Å². The smallest absolute Gasteiger partial charge is 0.341 e. The highest BCUT2D eigenvalue weighted by Gasteiger charge is 2.30. The Bertz CT molecular complexity index is 1510. The highest BCUT2D eigenvalue weighted by atomic mass is 35.9. The van der Waals surface area contributed by atoms with Crippen molar-refractivity contribution in [1.29, 1.82) is 0 Å². The van der Waals surface area contributed by atoms with E-state index in [9.17, 15) is 0 Å². The molecule has 0 unspecified atom stereocenters. The second-order valence-corrected chi connectivity index (χ2v) is 116. The van der Waals surface area contributed by atoms with Gasteiger partial charge in [0, 0.05) is 137 Å². The van der Waals surface area contributed by atoms with Gasteiger partial charge in [-0.15, -0.1) is 332 Å². The molecule has 120 heavy (non-hydrogen) atoms. The van der Waals surface area contributed by atoms with Crippen LogP contribution < -0.4 is 0 Å². The Morgan fingerprint density at radius 2 is 0.175 bits per heavy atom. The van der Waals surface area contributed by atoms with Gasteiger partial charge < -0.3 is 94.7 Å². The van der Waals surface area contributed by atoms with Gasteiger partial charge in [-0.05, 0) is 125 Å². The average molecular weight is 2520 g/mol. The monoisotopic (exact) mass is 2500 g/mol. The fourth-order valence-electron chi connectivity index (χ4n) is 6.19. The third-order valence-electron chi connectivity index (χ3n) is 11.8. The summed E-state index contributed by atoms with van der Waals surface area (Å²) in [7, 11) is 16.4. The Balaban J connectivity index is -0.000000140. The van der Waals surface area contributed by atoms with E-state index in [1.165, 1.54) is 0 Å². The molecule has 0 heterocycles. The number of hydrogen-bond donors (Lipinski definition) is 0. The quantitative estimate of drug-likeness (QED) is 0.0318. The van der Waals surface area contributed by atoms with Crippen LogP contribution in [0.25, 0.3) is 0 Å². The first-order chi connectivity index (χ1) is 55.6. The fraction of sp³-hybridized carbons (Fsp3) is 1.00. The van der Waals surface area contributed by atoms with Gasteiger partial charge in [0.25, 0.3) is 0 Å². The molecule has 740 valence electrons.